The minimum Gasteiger partial charge on any atom is -0.312 e. The highest BCUT2D eigenvalue weighted by Gasteiger charge is 2.22. The molecule has 0 aliphatic carbocycles. The Balaban J connectivity index is 2.20. The molecular formula is C11H22N2S. The Hall–Kier alpha value is 0.0100. The second-order valence-corrected chi connectivity index (χ2v) is 5.13. The van der Waals surface area contributed by atoms with Crippen LogP contribution in [-0.2, 0) is 0 Å². The van der Waals surface area contributed by atoms with E-state index < -0.39 is 0 Å². The van der Waals surface area contributed by atoms with Gasteiger partial charge in [-0.25, -0.2) is 0 Å². The van der Waals surface area contributed by atoms with Crippen molar-refractivity contribution in [3.05, 3.63) is 12.7 Å². The molecule has 1 rings (SSSR count). The summed E-state index contributed by atoms with van der Waals surface area (Å²) < 4.78 is 0. The maximum atomic E-state index is 3.70. The Morgan fingerprint density at radius 2 is 2.50 bits per heavy atom. The molecule has 0 radical (unpaired) electrons. The summed E-state index contributed by atoms with van der Waals surface area (Å²) in [5, 5.41) is 3.37. The fourth-order valence-corrected chi connectivity index (χ4v) is 3.02. The highest BCUT2D eigenvalue weighted by Crippen LogP contribution is 2.22. The molecule has 0 saturated carbocycles. The first-order valence-corrected chi connectivity index (χ1v) is 6.52. The minimum atomic E-state index is 0.624. The first-order valence-electron chi connectivity index (χ1n) is 5.37. The van der Waals surface area contributed by atoms with Gasteiger partial charge in [0, 0.05) is 30.9 Å². The van der Waals surface area contributed by atoms with Gasteiger partial charge in [-0.05, 0) is 26.1 Å². The number of hydrogen-bond donors (Lipinski definition) is 1. The van der Waals surface area contributed by atoms with E-state index in [-0.39, 0.29) is 0 Å². The molecule has 1 aliphatic rings. The second-order valence-electron chi connectivity index (χ2n) is 3.98. The van der Waals surface area contributed by atoms with Gasteiger partial charge in [0.2, 0.25) is 0 Å². The molecule has 1 saturated heterocycles. The molecule has 0 aromatic heterocycles. The molecule has 0 bridgehead atoms. The molecule has 1 fully saturated rings. The lowest BCUT2D eigenvalue weighted by atomic mass is 10.2. The standard InChI is InChI=1S/C11H22N2S/c1-4-6-12-8-10(2)13(3)11-5-7-14-9-11/h4,10-12H,1,5-9H2,2-3H3. The van der Waals surface area contributed by atoms with E-state index >= 15 is 0 Å². The topological polar surface area (TPSA) is 15.3 Å². The van der Waals surface area contributed by atoms with E-state index in [0.29, 0.717) is 6.04 Å². The zero-order valence-electron chi connectivity index (χ0n) is 9.33. The summed E-state index contributed by atoms with van der Waals surface area (Å²) in [6, 6.07) is 1.42. The Bertz CT molecular complexity index is 167. The Morgan fingerprint density at radius 1 is 1.71 bits per heavy atom. The van der Waals surface area contributed by atoms with Crippen molar-refractivity contribution in [2.45, 2.75) is 25.4 Å². The van der Waals surface area contributed by atoms with Crippen LogP contribution in [0.1, 0.15) is 13.3 Å². The van der Waals surface area contributed by atoms with Crippen molar-refractivity contribution in [1.29, 1.82) is 0 Å². The first kappa shape index (κ1) is 12.1. The SMILES string of the molecule is C=CCNCC(C)N(C)C1CCSC1. The summed E-state index contributed by atoms with van der Waals surface area (Å²) in [5.41, 5.74) is 0. The van der Waals surface area contributed by atoms with Crippen molar-refractivity contribution in [2.24, 2.45) is 0 Å². The highest BCUT2D eigenvalue weighted by molar-refractivity contribution is 7.99. The van der Waals surface area contributed by atoms with E-state index in [4.69, 9.17) is 0 Å². The molecule has 0 aromatic rings. The van der Waals surface area contributed by atoms with E-state index in [1.165, 1.54) is 17.9 Å². The van der Waals surface area contributed by atoms with Gasteiger partial charge in [-0.1, -0.05) is 6.08 Å². The van der Waals surface area contributed by atoms with Crippen molar-refractivity contribution in [3.8, 4) is 0 Å². The Morgan fingerprint density at radius 3 is 3.07 bits per heavy atom. The van der Waals surface area contributed by atoms with Crippen LogP contribution in [0, 0.1) is 0 Å². The third-order valence-electron chi connectivity index (χ3n) is 2.91. The van der Waals surface area contributed by atoms with Crippen molar-refractivity contribution in [3.63, 3.8) is 0 Å². The largest absolute Gasteiger partial charge is 0.312 e. The maximum absolute atomic E-state index is 3.70. The van der Waals surface area contributed by atoms with Gasteiger partial charge in [0.1, 0.15) is 0 Å². The first-order chi connectivity index (χ1) is 6.75. The normalized spacial score (nSPS) is 24.1. The summed E-state index contributed by atoms with van der Waals surface area (Å²) >= 11 is 2.08. The van der Waals surface area contributed by atoms with Gasteiger partial charge in [-0.15, -0.1) is 6.58 Å². The van der Waals surface area contributed by atoms with Crippen LogP contribution in [0.5, 0.6) is 0 Å². The number of nitrogens with zero attached hydrogens (tertiary/aromatic N) is 1. The lowest BCUT2D eigenvalue weighted by molar-refractivity contribution is 0.197. The molecule has 2 atom stereocenters. The van der Waals surface area contributed by atoms with Crippen molar-refractivity contribution in [1.82, 2.24) is 10.2 Å². The second kappa shape index (κ2) is 6.49. The maximum Gasteiger partial charge on any atom is 0.0194 e. The summed E-state index contributed by atoms with van der Waals surface area (Å²) in [7, 11) is 2.25. The fraction of sp³-hybridized carbons (Fsp3) is 0.818. The monoisotopic (exact) mass is 214 g/mol. The van der Waals surface area contributed by atoms with E-state index in [9.17, 15) is 0 Å². The van der Waals surface area contributed by atoms with E-state index in [1.54, 1.807) is 0 Å². The molecule has 82 valence electrons. The lowest BCUT2D eigenvalue weighted by Crippen LogP contribution is -2.44. The van der Waals surface area contributed by atoms with Crippen LogP contribution < -0.4 is 5.32 Å². The minimum absolute atomic E-state index is 0.624. The zero-order chi connectivity index (χ0) is 10.4. The van der Waals surface area contributed by atoms with Crippen LogP contribution in [0.4, 0.5) is 0 Å². The Kier molecular flexibility index (Phi) is 5.60. The van der Waals surface area contributed by atoms with Crippen LogP contribution in [0.3, 0.4) is 0 Å². The lowest BCUT2D eigenvalue weighted by Gasteiger charge is -2.30. The predicted octanol–water partition coefficient (Wildman–Crippen LogP) is 1.59. The number of nitrogens with one attached hydrogen (secondary N) is 1. The highest BCUT2D eigenvalue weighted by atomic mass is 32.2. The molecule has 2 nitrogen and oxygen atoms in total. The third-order valence-corrected chi connectivity index (χ3v) is 4.05. The fourth-order valence-electron chi connectivity index (χ4n) is 1.74. The van der Waals surface area contributed by atoms with E-state index in [2.05, 4.69) is 42.5 Å². The zero-order valence-corrected chi connectivity index (χ0v) is 10.1. The van der Waals surface area contributed by atoms with Crippen LogP contribution in [-0.4, -0.2) is 48.6 Å². The van der Waals surface area contributed by atoms with Gasteiger partial charge < -0.3 is 5.32 Å². The summed E-state index contributed by atoms with van der Waals surface area (Å²) in [4.78, 5) is 2.51. The molecule has 0 amide bonds. The van der Waals surface area contributed by atoms with E-state index in [0.717, 1.165) is 19.1 Å². The van der Waals surface area contributed by atoms with Crippen molar-refractivity contribution < 1.29 is 0 Å². The van der Waals surface area contributed by atoms with Crippen molar-refractivity contribution in [2.75, 3.05) is 31.6 Å². The number of rotatable bonds is 6. The summed E-state index contributed by atoms with van der Waals surface area (Å²) in [6.45, 7) is 7.96. The molecular weight excluding hydrogens is 192 g/mol. The van der Waals surface area contributed by atoms with Gasteiger partial charge in [0.15, 0.2) is 0 Å². The van der Waals surface area contributed by atoms with Gasteiger partial charge in [-0.3, -0.25) is 4.90 Å². The van der Waals surface area contributed by atoms with Gasteiger partial charge in [0.05, 0.1) is 0 Å². The van der Waals surface area contributed by atoms with Gasteiger partial charge in [-0.2, -0.15) is 11.8 Å². The Labute approximate surface area is 92.1 Å². The number of likely N-dealkylation sites (N-methyl/N-ethyl adjacent to an activating group) is 1. The van der Waals surface area contributed by atoms with Gasteiger partial charge >= 0.3 is 0 Å². The molecule has 14 heavy (non-hydrogen) atoms. The average molecular weight is 214 g/mol. The van der Waals surface area contributed by atoms with Crippen LogP contribution >= 0.6 is 11.8 Å². The van der Waals surface area contributed by atoms with Crippen LogP contribution in [0.15, 0.2) is 12.7 Å². The molecule has 2 unspecified atom stereocenters. The van der Waals surface area contributed by atoms with Crippen LogP contribution in [0.25, 0.3) is 0 Å². The van der Waals surface area contributed by atoms with Crippen molar-refractivity contribution >= 4 is 11.8 Å². The quantitative estimate of drug-likeness (QED) is 0.534. The number of hydrogen-bond acceptors (Lipinski definition) is 3. The molecule has 0 aromatic carbocycles. The molecule has 1 N–H and O–H groups in total. The molecule has 3 heteroatoms. The summed E-state index contributed by atoms with van der Waals surface area (Å²) in [5.74, 6) is 2.64. The average Bonchev–Trinajstić information content (AvgIpc) is 2.69. The molecule has 1 aliphatic heterocycles. The van der Waals surface area contributed by atoms with Crippen LogP contribution in [0.2, 0.25) is 0 Å². The predicted molar refractivity (Wildman–Crippen MR) is 66.0 cm³/mol. The smallest absolute Gasteiger partial charge is 0.0194 e. The third kappa shape index (κ3) is 3.64. The molecule has 1 heterocycles. The molecule has 0 spiro atoms. The number of thioether (sulfide) groups is 1. The van der Waals surface area contributed by atoms with E-state index in [1.807, 2.05) is 6.08 Å². The van der Waals surface area contributed by atoms with Gasteiger partial charge in [0.25, 0.3) is 0 Å². The summed E-state index contributed by atoms with van der Waals surface area (Å²) in [6.07, 6.45) is 3.27.